The van der Waals surface area contributed by atoms with E-state index in [-0.39, 0.29) is 17.8 Å². The van der Waals surface area contributed by atoms with E-state index in [1.54, 1.807) is 30.1 Å². The normalized spacial score (nSPS) is 16.6. The van der Waals surface area contributed by atoms with Gasteiger partial charge >= 0.3 is 0 Å². The molecule has 31 heavy (non-hydrogen) atoms. The smallest absolute Gasteiger partial charge is 0.273 e. The molecule has 1 amide bonds. The Morgan fingerprint density at radius 2 is 2.19 bits per heavy atom. The third-order valence-corrected chi connectivity index (χ3v) is 5.48. The predicted octanol–water partition coefficient (Wildman–Crippen LogP) is 1.85. The Bertz CT molecular complexity index is 1000. The Hall–Kier alpha value is -3.11. The number of amides is 1. The summed E-state index contributed by atoms with van der Waals surface area (Å²) in [5.74, 6) is -0.516. The summed E-state index contributed by atoms with van der Waals surface area (Å²) in [5, 5.41) is 18.1. The van der Waals surface area contributed by atoms with E-state index in [9.17, 15) is 9.18 Å². The summed E-state index contributed by atoms with van der Waals surface area (Å²) in [6, 6.07) is 6.69. The van der Waals surface area contributed by atoms with Crippen LogP contribution in [0, 0.1) is 5.82 Å². The van der Waals surface area contributed by atoms with E-state index in [1.807, 2.05) is 6.20 Å². The fourth-order valence-corrected chi connectivity index (χ4v) is 3.89. The zero-order chi connectivity index (χ0) is 21.6. The van der Waals surface area contributed by atoms with Crippen molar-refractivity contribution in [2.75, 3.05) is 26.8 Å². The molecule has 1 aliphatic heterocycles. The first-order valence-electron chi connectivity index (χ1n) is 10.3. The molecule has 1 atom stereocenters. The van der Waals surface area contributed by atoms with Crippen LogP contribution < -0.4 is 5.32 Å². The number of carbonyl (C=O) groups is 1. The number of hydrogen-bond acceptors (Lipinski definition) is 6. The number of benzene rings is 1. The molecule has 9 nitrogen and oxygen atoms in total. The number of methoxy groups -OCH3 is 1. The summed E-state index contributed by atoms with van der Waals surface area (Å²) in [6.07, 6.45) is 5.64. The van der Waals surface area contributed by atoms with Crippen molar-refractivity contribution < 1.29 is 13.9 Å². The Morgan fingerprint density at radius 1 is 1.35 bits per heavy atom. The van der Waals surface area contributed by atoms with Crippen LogP contribution in [0.3, 0.4) is 0 Å². The Balaban J connectivity index is 1.39. The SMILES string of the molecule is COCCNC(=O)c1cn(CC2CCCN2Cc2cn[nH]c2-c2ccc(F)cc2)nn1. The summed E-state index contributed by atoms with van der Waals surface area (Å²) in [4.78, 5) is 14.5. The first-order chi connectivity index (χ1) is 15.1. The van der Waals surface area contributed by atoms with Crippen molar-refractivity contribution in [2.24, 2.45) is 0 Å². The monoisotopic (exact) mass is 427 g/mol. The van der Waals surface area contributed by atoms with Gasteiger partial charge in [-0.15, -0.1) is 5.10 Å². The Labute approximate surface area is 179 Å². The number of likely N-dealkylation sites (tertiary alicyclic amines) is 1. The second kappa shape index (κ2) is 9.80. The summed E-state index contributed by atoms with van der Waals surface area (Å²) in [5.41, 5.74) is 3.18. The summed E-state index contributed by atoms with van der Waals surface area (Å²) >= 11 is 0. The highest BCUT2D eigenvalue weighted by atomic mass is 19.1. The molecule has 1 unspecified atom stereocenters. The van der Waals surface area contributed by atoms with Gasteiger partial charge in [0.2, 0.25) is 0 Å². The van der Waals surface area contributed by atoms with Gasteiger partial charge in [0.25, 0.3) is 5.91 Å². The van der Waals surface area contributed by atoms with E-state index >= 15 is 0 Å². The van der Waals surface area contributed by atoms with Crippen LogP contribution in [0.4, 0.5) is 4.39 Å². The van der Waals surface area contributed by atoms with Crippen LogP contribution in [0.25, 0.3) is 11.3 Å². The molecule has 2 N–H and O–H groups in total. The van der Waals surface area contributed by atoms with E-state index in [0.29, 0.717) is 25.4 Å². The van der Waals surface area contributed by atoms with Crippen molar-refractivity contribution in [2.45, 2.75) is 32.0 Å². The quantitative estimate of drug-likeness (QED) is 0.506. The molecule has 0 radical (unpaired) electrons. The van der Waals surface area contributed by atoms with Gasteiger partial charge in [0, 0.05) is 37.4 Å². The van der Waals surface area contributed by atoms with Crippen LogP contribution >= 0.6 is 0 Å². The number of ether oxygens (including phenoxy) is 1. The predicted molar refractivity (Wildman–Crippen MR) is 112 cm³/mol. The largest absolute Gasteiger partial charge is 0.383 e. The van der Waals surface area contributed by atoms with Crippen LogP contribution in [0.1, 0.15) is 28.9 Å². The van der Waals surface area contributed by atoms with Crippen molar-refractivity contribution in [3.8, 4) is 11.3 Å². The fraction of sp³-hybridized carbons (Fsp3) is 0.429. The number of H-pyrrole nitrogens is 1. The molecule has 3 aromatic rings. The lowest BCUT2D eigenvalue weighted by molar-refractivity contribution is 0.0932. The average Bonchev–Trinajstić information content (AvgIpc) is 3.52. The number of carbonyl (C=O) groups excluding carboxylic acids is 1. The molecule has 0 bridgehead atoms. The Morgan fingerprint density at radius 3 is 3.00 bits per heavy atom. The maximum absolute atomic E-state index is 13.3. The highest BCUT2D eigenvalue weighted by Gasteiger charge is 2.27. The van der Waals surface area contributed by atoms with Crippen LogP contribution in [0.2, 0.25) is 0 Å². The second-order valence-electron chi connectivity index (χ2n) is 7.62. The van der Waals surface area contributed by atoms with Crippen molar-refractivity contribution in [3.63, 3.8) is 0 Å². The average molecular weight is 427 g/mol. The van der Waals surface area contributed by atoms with Crippen molar-refractivity contribution >= 4 is 5.91 Å². The number of hydrogen-bond donors (Lipinski definition) is 2. The van der Waals surface area contributed by atoms with Gasteiger partial charge in [-0.2, -0.15) is 5.10 Å². The molecule has 1 saturated heterocycles. The Kier molecular flexibility index (Phi) is 6.68. The first-order valence-corrected chi connectivity index (χ1v) is 10.3. The minimum atomic E-state index is -0.260. The van der Waals surface area contributed by atoms with Gasteiger partial charge in [-0.1, -0.05) is 5.21 Å². The number of aromatic nitrogens is 5. The molecule has 4 rings (SSSR count). The molecule has 3 heterocycles. The van der Waals surface area contributed by atoms with Crippen LogP contribution in [-0.2, 0) is 17.8 Å². The van der Waals surface area contributed by atoms with Gasteiger partial charge in [-0.3, -0.25) is 19.5 Å². The summed E-state index contributed by atoms with van der Waals surface area (Å²) in [7, 11) is 1.59. The zero-order valence-electron chi connectivity index (χ0n) is 17.4. The van der Waals surface area contributed by atoms with Crippen molar-refractivity contribution in [1.29, 1.82) is 0 Å². The van der Waals surface area contributed by atoms with Gasteiger partial charge < -0.3 is 10.1 Å². The molecule has 1 aliphatic rings. The van der Waals surface area contributed by atoms with E-state index in [1.165, 1.54) is 12.1 Å². The van der Waals surface area contributed by atoms with E-state index in [4.69, 9.17) is 4.74 Å². The lowest BCUT2D eigenvalue weighted by Crippen LogP contribution is -2.32. The molecule has 1 fully saturated rings. The minimum Gasteiger partial charge on any atom is -0.383 e. The number of rotatable bonds is 9. The highest BCUT2D eigenvalue weighted by Crippen LogP contribution is 2.26. The zero-order valence-corrected chi connectivity index (χ0v) is 17.4. The topological polar surface area (TPSA) is 101 Å². The standard InChI is InChI=1S/C21H26FN7O2/c1-31-10-8-23-21(30)19-14-29(27-25-19)13-18-3-2-9-28(18)12-16-11-24-26-20(16)15-4-6-17(22)7-5-15/h4-7,11,14,18H,2-3,8-10,12-13H2,1H3,(H,23,30)(H,24,26). The molecular formula is C21H26FN7O2. The van der Waals surface area contributed by atoms with Crippen LogP contribution in [0.5, 0.6) is 0 Å². The van der Waals surface area contributed by atoms with Gasteiger partial charge in [0.05, 0.1) is 31.2 Å². The highest BCUT2D eigenvalue weighted by molar-refractivity contribution is 5.91. The van der Waals surface area contributed by atoms with Crippen molar-refractivity contribution in [3.05, 3.63) is 53.7 Å². The minimum absolute atomic E-state index is 0.256. The molecule has 0 saturated carbocycles. The van der Waals surface area contributed by atoms with Gasteiger partial charge in [0.1, 0.15) is 5.82 Å². The molecule has 10 heteroatoms. The fourth-order valence-electron chi connectivity index (χ4n) is 3.89. The van der Waals surface area contributed by atoms with Crippen molar-refractivity contribution in [1.82, 2.24) is 35.4 Å². The van der Waals surface area contributed by atoms with Crippen LogP contribution in [-0.4, -0.2) is 68.8 Å². The number of halogens is 1. The van der Waals surface area contributed by atoms with E-state index in [0.717, 1.165) is 42.8 Å². The maximum atomic E-state index is 13.3. The molecule has 2 aromatic heterocycles. The van der Waals surface area contributed by atoms with E-state index < -0.39 is 0 Å². The van der Waals surface area contributed by atoms with E-state index in [2.05, 4.69) is 30.7 Å². The lowest BCUT2D eigenvalue weighted by atomic mass is 10.1. The van der Waals surface area contributed by atoms with Gasteiger partial charge in [0.15, 0.2) is 5.69 Å². The summed E-state index contributed by atoms with van der Waals surface area (Å²) < 4.78 is 19.9. The van der Waals surface area contributed by atoms with Gasteiger partial charge in [-0.05, 0) is 43.7 Å². The first kappa shape index (κ1) is 21.1. The number of nitrogens with zero attached hydrogens (tertiary/aromatic N) is 5. The second-order valence-corrected chi connectivity index (χ2v) is 7.62. The number of aromatic amines is 1. The molecule has 164 valence electrons. The molecular weight excluding hydrogens is 401 g/mol. The maximum Gasteiger partial charge on any atom is 0.273 e. The third-order valence-electron chi connectivity index (χ3n) is 5.48. The third kappa shape index (κ3) is 5.15. The van der Waals surface area contributed by atoms with Gasteiger partial charge in [-0.25, -0.2) is 4.39 Å². The lowest BCUT2D eigenvalue weighted by Gasteiger charge is -2.24. The molecule has 0 spiro atoms. The molecule has 0 aliphatic carbocycles. The molecule has 1 aromatic carbocycles. The summed E-state index contributed by atoms with van der Waals surface area (Å²) in [6.45, 7) is 3.23. The number of nitrogens with one attached hydrogen (secondary N) is 2. The van der Waals surface area contributed by atoms with Crippen LogP contribution in [0.15, 0.2) is 36.7 Å².